The van der Waals surface area contributed by atoms with E-state index in [2.05, 4.69) is 20.2 Å². The molecule has 10 nitrogen and oxygen atoms in total. The highest BCUT2D eigenvalue weighted by molar-refractivity contribution is 6.03. The maximum absolute atomic E-state index is 13.5. The lowest BCUT2D eigenvalue weighted by Crippen LogP contribution is -2.42. The number of amides is 2. The van der Waals surface area contributed by atoms with Crippen molar-refractivity contribution in [2.75, 3.05) is 42.4 Å². The molecule has 0 bridgehead atoms. The molecule has 10 heteroatoms. The van der Waals surface area contributed by atoms with Gasteiger partial charge in [0, 0.05) is 37.7 Å². The predicted octanol–water partition coefficient (Wildman–Crippen LogP) is 2.71. The molecule has 0 saturated heterocycles. The minimum Gasteiger partial charge on any atom is -0.481 e. The largest absolute Gasteiger partial charge is 0.481 e. The lowest BCUT2D eigenvalue weighted by atomic mass is 10.0. The highest BCUT2D eigenvalue weighted by atomic mass is 16.5. The Balaban J connectivity index is 1.70. The molecule has 1 unspecified atom stereocenters. The molecule has 2 aromatic heterocycles. The first-order valence-corrected chi connectivity index (χ1v) is 11.5. The average Bonchev–Trinajstić information content (AvgIpc) is 2.99. The quantitative estimate of drug-likeness (QED) is 0.494. The van der Waals surface area contributed by atoms with Gasteiger partial charge in [0.2, 0.25) is 5.88 Å². The van der Waals surface area contributed by atoms with Gasteiger partial charge in [-0.15, -0.1) is 0 Å². The van der Waals surface area contributed by atoms with E-state index >= 15 is 0 Å². The summed E-state index contributed by atoms with van der Waals surface area (Å²) in [4.78, 5) is 30.2. The average molecular weight is 479 g/mol. The maximum atomic E-state index is 13.5. The fourth-order valence-corrected chi connectivity index (χ4v) is 4.10. The predicted molar refractivity (Wildman–Crippen MR) is 134 cm³/mol. The Morgan fingerprint density at radius 2 is 2.09 bits per heavy atom. The molecular formula is C25H30N6O4. The number of benzene rings is 1. The summed E-state index contributed by atoms with van der Waals surface area (Å²) in [6.45, 7) is 2.47. The summed E-state index contributed by atoms with van der Waals surface area (Å²) >= 11 is 0. The second-order valence-corrected chi connectivity index (χ2v) is 8.59. The van der Waals surface area contributed by atoms with E-state index in [1.807, 2.05) is 50.4 Å². The number of ether oxygens (including phenoxy) is 1. The van der Waals surface area contributed by atoms with E-state index in [4.69, 9.17) is 9.72 Å². The van der Waals surface area contributed by atoms with E-state index < -0.39 is 6.10 Å². The van der Waals surface area contributed by atoms with Gasteiger partial charge in [-0.05, 0) is 37.1 Å². The minimum atomic E-state index is -0.820. The van der Waals surface area contributed by atoms with Crippen LogP contribution in [-0.4, -0.2) is 70.7 Å². The van der Waals surface area contributed by atoms with Crippen LogP contribution >= 0.6 is 0 Å². The first-order valence-electron chi connectivity index (χ1n) is 11.5. The van der Waals surface area contributed by atoms with Crippen LogP contribution in [-0.2, 0) is 6.42 Å². The van der Waals surface area contributed by atoms with Gasteiger partial charge < -0.3 is 19.8 Å². The molecule has 0 fully saturated rings. The minimum absolute atomic E-state index is 0.115. The number of pyridine rings is 1. The SMILES string of the molecule is COc1cc(NC(=O)N2c3nc(-c4cccc(CC(O)CO)c4)ccc3N(C)CC[C@H]2C)ncn1. The van der Waals surface area contributed by atoms with Gasteiger partial charge in [0.05, 0.1) is 31.2 Å². The second kappa shape index (κ2) is 10.7. The number of aliphatic hydroxyl groups excluding tert-OH is 2. The number of hydrogen-bond acceptors (Lipinski definition) is 8. The Labute approximate surface area is 204 Å². The van der Waals surface area contributed by atoms with Crippen LogP contribution in [0.5, 0.6) is 5.88 Å². The van der Waals surface area contributed by atoms with Gasteiger partial charge in [0.25, 0.3) is 0 Å². The molecule has 0 spiro atoms. The molecule has 3 heterocycles. The smallest absolute Gasteiger partial charge is 0.328 e. The Bertz CT molecular complexity index is 1190. The number of urea groups is 1. The number of carbonyl (C=O) groups is 1. The number of methoxy groups -OCH3 is 1. The van der Waals surface area contributed by atoms with E-state index in [1.165, 1.54) is 13.4 Å². The summed E-state index contributed by atoms with van der Waals surface area (Å²) in [5, 5.41) is 21.9. The molecule has 3 N–H and O–H groups in total. The molecule has 2 atom stereocenters. The van der Waals surface area contributed by atoms with Crippen molar-refractivity contribution < 1.29 is 19.7 Å². The standard InChI is InChI=1S/C25H30N6O4/c1-16-9-10-30(2)21-8-7-20(18-6-4-5-17(11-18)12-19(33)14-32)28-24(21)31(16)25(34)29-22-13-23(35-3)27-15-26-22/h4-8,11,13,15-16,19,32-33H,9-10,12,14H2,1-3H3,(H,26,27,29,34)/t16-,19?/m1/s1. The van der Waals surface area contributed by atoms with Gasteiger partial charge in [-0.2, -0.15) is 0 Å². The van der Waals surface area contributed by atoms with Crippen LogP contribution in [0.15, 0.2) is 48.8 Å². The number of aliphatic hydroxyl groups is 2. The number of nitrogens with one attached hydrogen (secondary N) is 1. The van der Waals surface area contributed by atoms with Gasteiger partial charge in [-0.25, -0.2) is 19.7 Å². The topological polar surface area (TPSA) is 124 Å². The van der Waals surface area contributed by atoms with Crippen molar-refractivity contribution in [2.45, 2.75) is 31.9 Å². The second-order valence-electron chi connectivity index (χ2n) is 8.59. The Morgan fingerprint density at radius 3 is 2.86 bits per heavy atom. The van der Waals surface area contributed by atoms with E-state index in [0.717, 1.165) is 29.8 Å². The Morgan fingerprint density at radius 1 is 1.26 bits per heavy atom. The third-order valence-corrected chi connectivity index (χ3v) is 6.03. The van der Waals surface area contributed by atoms with Crippen LogP contribution in [0, 0.1) is 0 Å². The van der Waals surface area contributed by atoms with Crippen LogP contribution in [0.25, 0.3) is 11.3 Å². The molecule has 0 aliphatic carbocycles. The normalized spacial score (nSPS) is 16.3. The molecule has 0 radical (unpaired) electrons. The van der Waals surface area contributed by atoms with Gasteiger partial charge in [-0.1, -0.05) is 18.2 Å². The lowest BCUT2D eigenvalue weighted by molar-refractivity contribution is 0.0955. The number of carbonyl (C=O) groups excluding carboxylic acids is 1. The van der Waals surface area contributed by atoms with Crippen LogP contribution in [0.4, 0.5) is 22.1 Å². The zero-order chi connectivity index (χ0) is 24.9. The fraction of sp³-hybridized carbons (Fsp3) is 0.360. The fourth-order valence-electron chi connectivity index (χ4n) is 4.10. The van der Waals surface area contributed by atoms with Gasteiger partial charge in [0.1, 0.15) is 12.1 Å². The molecule has 1 aliphatic heterocycles. The summed E-state index contributed by atoms with van der Waals surface area (Å²) in [5.74, 6) is 1.24. The highest BCUT2D eigenvalue weighted by Gasteiger charge is 2.31. The molecule has 3 aromatic rings. The van der Waals surface area contributed by atoms with Crippen LogP contribution < -0.4 is 19.9 Å². The summed E-state index contributed by atoms with van der Waals surface area (Å²) in [5.41, 5.74) is 3.29. The Kier molecular flexibility index (Phi) is 7.42. The first-order chi connectivity index (χ1) is 16.9. The Hall–Kier alpha value is -3.76. The molecule has 2 amide bonds. The molecule has 35 heavy (non-hydrogen) atoms. The third-order valence-electron chi connectivity index (χ3n) is 6.03. The highest BCUT2D eigenvalue weighted by Crippen LogP contribution is 2.35. The van der Waals surface area contributed by atoms with Crippen molar-refractivity contribution in [2.24, 2.45) is 0 Å². The van der Waals surface area contributed by atoms with Crippen molar-refractivity contribution in [1.82, 2.24) is 15.0 Å². The number of rotatable bonds is 6. The van der Waals surface area contributed by atoms with Crippen molar-refractivity contribution in [3.8, 4) is 17.1 Å². The molecule has 1 aliphatic rings. The number of nitrogens with zero attached hydrogens (tertiary/aromatic N) is 5. The molecule has 4 rings (SSSR count). The zero-order valence-electron chi connectivity index (χ0n) is 20.0. The van der Waals surface area contributed by atoms with E-state index in [9.17, 15) is 15.0 Å². The van der Waals surface area contributed by atoms with Gasteiger partial charge in [-0.3, -0.25) is 10.2 Å². The maximum Gasteiger partial charge on any atom is 0.328 e. The van der Waals surface area contributed by atoms with Gasteiger partial charge in [0.15, 0.2) is 5.82 Å². The van der Waals surface area contributed by atoms with Crippen molar-refractivity contribution in [3.05, 3.63) is 54.4 Å². The number of fused-ring (bicyclic) bond motifs is 1. The van der Waals surface area contributed by atoms with Crippen molar-refractivity contribution in [1.29, 1.82) is 0 Å². The number of aromatic nitrogens is 3. The van der Waals surface area contributed by atoms with Gasteiger partial charge >= 0.3 is 6.03 Å². The molecular weight excluding hydrogens is 448 g/mol. The monoisotopic (exact) mass is 478 g/mol. The van der Waals surface area contributed by atoms with Crippen molar-refractivity contribution in [3.63, 3.8) is 0 Å². The van der Waals surface area contributed by atoms with Crippen molar-refractivity contribution >= 4 is 23.4 Å². The number of hydrogen-bond donors (Lipinski definition) is 3. The van der Waals surface area contributed by atoms with E-state index in [-0.39, 0.29) is 18.7 Å². The molecule has 1 aromatic carbocycles. The molecule has 184 valence electrons. The summed E-state index contributed by atoms with van der Waals surface area (Å²) in [6, 6.07) is 12.7. The summed E-state index contributed by atoms with van der Waals surface area (Å²) in [6.07, 6.45) is 1.61. The molecule has 0 saturated carbocycles. The zero-order valence-corrected chi connectivity index (χ0v) is 20.0. The lowest BCUT2D eigenvalue weighted by Gasteiger charge is -2.28. The third kappa shape index (κ3) is 5.50. The van der Waals surface area contributed by atoms with E-state index in [0.29, 0.717) is 29.6 Å². The summed E-state index contributed by atoms with van der Waals surface area (Å²) < 4.78 is 5.13. The first kappa shape index (κ1) is 24.4. The van der Waals surface area contributed by atoms with Crippen LogP contribution in [0.2, 0.25) is 0 Å². The van der Waals surface area contributed by atoms with Crippen LogP contribution in [0.1, 0.15) is 18.9 Å². The number of anilines is 3. The summed E-state index contributed by atoms with van der Waals surface area (Å²) in [7, 11) is 3.49. The van der Waals surface area contributed by atoms with Crippen LogP contribution in [0.3, 0.4) is 0 Å². The van der Waals surface area contributed by atoms with E-state index in [1.54, 1.807) is 11.0 Å².